The van der Waals surface area contributed by atoms with Crippen molar-refractivity contribution in [1.29, 1.82) is 5.41 Å². The van der Waals surface area contributed by atoms with Crippen LogP contribution in [0.5, 0.6) is 11.6 Å². The summed E-state index contributed by atoms with van der Waals surface area (Å²) in [5.74, 6) is -1.07. The molecule has 4 rings (SSSR count). The number of hydrogen-bond donors (Lipinski definition) is 2. The van der Waals surface area contributed by atoms with Crippen LogP contribution in [-0.2, 0) is 13.1 Å². The van der Waals surface area contributed by atoms with Crippen LogP contribution in [0.1, 0.15) is 48.8 Å². The molecule has 184 valence electrons. The fourth-order valence-corrected chi connectivity index (χ4v) is 4.19. The van der Waals surface area contributed by atoms with Gasteiger partial charge in [-0.3, -0.25) is 10.3 Å². The van der Waals surface area contributed by atoms with Crippen molar-refractivity contribution in [3.8, 4) is 11.6 Å². The van der Waals surface area contributed by atoms with Gasteiger partial charge in [-0.15, -0.1) is 4.98 Å². The molecule has 0 amide bonds. The van der Waals surface area contributed by atoms with Crippen molar-refractivity contribution < 1.29 is 18.6 Å². The Bertz CT molecular complexity index is 1180. The number of aromatic nitrogens is 2. The maximum Gasteiger partial charge on any atom is 0.360 e. The van der Waals surface area contributed by atoms with Gasteiger partial charge in [0.1, 0.15) is 23.1 Å². The lowest BCUT2D eigenvalue weighted by Crippen LogP contribution is -2.29. The number of nitrogens with one attached hydrogen (secondary N) is 2. The average molecular weight is 483 g/mol. The largest absolute Gasteiger partial charge is 0.579 e. The number of hydrogen-bond acceptors (Lipinski definition) is 6. The topological polar surface area (TPSA) is 97.0 Å². The normalized spacial score (nSPS) is 14.0. The lowest BCUT2D eigenvalue weighted by Gasteiger charge is -2.25. The summed E-state index contributed by atoms with van der Waals surface area (Å²) in [4.78, 5) is 11.0. The Morgan fingerprint density at radius 2 is 1.80 bits per heavy atom. The lowest BCUT2D eigenvalue weighted by atomic mass is 10.1. The number of halogens is 2. The van der Waals surface area contributed by atoms with Crippen LogP contribution in [0.2, 0.25) is 0 Å². The van der Waals surface area contributed by atoms with E-state index in [9.17, 15) is 8.78 Å². The van der Waals surface area contributed by atoms with Gasteiger partial charge in [-0.25, -0.2) is 13.8 Å². The molecular weight excluding hydrogens is 452 g/mol. The second-order valence-corrected chi connectivity index (χ2v) is 8.48. The van der Waals surface area contributed by atoms with Crippen LogP contribution in [0.15, 0.2) is 42.5 Å². The second-order valence-electron chi connectivity index (χ2n) is 8.48. The summed E-state index contributed by atoms with van der Waals surface area (Å²) in [5, 5.41) is 19.9. The Labute approximate surface area is 203 Å². The highest BCUT2D eigenvalue weighted by Crippen LogP contribution is 2.24. The first kappa shape index (κ1) is 24.5. The Kier molecular flexibility index (Phi) is 7.87. The minimum absolute atomic E-state index is 0.0368. The van der Waals surface area contributed by atoms with Gasteiger partial charge in [0.05, 0.1) is 18.4 Å². The predicted octanol–water partition coefficient (Wildman–Crippen LogP) is 4.61. The van der Waals surface area contributed by atoms with Gasteiger partial charge >= 0.3 is 5.88 Å². The first-order valence-corrected chi connectivity index (χ1v) is 11.8. The van der Waals surface area contributed by atoms with Crippen molar-refractivity contribution in [2.75, 3.05) is 25.0 Å². The molecule has 9 heteroatoms. The molecule has 1 aliphatic heterocycles. The number of likely N-dealkylation sites (tertiary alicyclic amines) is 1. The van der Waals surface area contributed by atoms with Gasteiger partial charge in [0.15, 0.2) is 5.82 Å². The molecule has 0 unspecified atom stereocenters. The molecule has 7 nitrogen and oxygen atoms in total. The summed E-state index contributed by atoms with van der Waals surface area (Å²) < 4.78 is 34.2. The van der Waals surface area contributed by atoms with Crippen LogP contribution in [0.25, 0.3) is 0 Å². The SMILES string of the molecule is CCOc1cc(F)c(CNc2ccccc2C(=N)c2nc([OH2+])cc(CN3CCCCC3)n2)c(F)c1. The number of nitrogens with zero attached hydrogens (tertiary/aromatic N) is 3. The molecule has 1 aromatic heterocycles. The molecule has 0 atom stereocenters. The molecule has 0 aliphatic carbocycles. The van der Waals surface area contributed by atoms with E-state index in [1.807, 2.05) is 0 Å². The van der Waals surface area contributed by atoms with E-state index in [0.29, 0.717) is 30.1 Å². The van der Waals surface area contributed by atoms with E-state index in [2.05, 4.69) is 20.2 Å². The van der Waals surface area contributed by atoms with Crippen molar-refractivity contribution in [2.45, 2.75) is 39.3 Å². The van der Waals surface area contributed by atoms with Crippen molar-refractivity contribution in [3.63, 3.8) is 0 Å². The molecule has 3 aromatic rings. The maximum absolute atomic E-state index is 14.5. The van der Waals surface area contributed by atoms with E-state index in [1.165, 1.54) is 6.42 Å². The first-order valence-electron chi connectivity index (χ1n) is 11.8. The fraction of sp³-hybridized carbons (Fsp3) is 0.346. The van der Waals surface area contributed by atoms with E-state index >= 15 is 0 Å². The molecule has 0 radical (unpaired) electrons. The summed E-state index contributed by atoms with van der Waals surface area (Å²) in [6, 6.07) is 10.9. The van der Waals surface area contributed by atoms with Gasteiger partial charge in [0.25, 0.3) is 0 Å². The molecular formula is C26H30F2N5O2+. The zero-order valence-electron chi connectivity index (χ0n) is 19.7. The van der Waals surface area contributed by atoms with Crippen LogP contribution < -0.4 is 10.1 Å². The zero-order chi connectivity index (χ0) is 24.8. The van der Waals surface area contributed by atoms with Crippen molar-refractivity contribution in [2.24, 2.45) is 0 Å². The van der Waals surface area contributed by atoms with E-state index in [4.69, 9.17) is 15.3 Å². The minimum atomic E-state index is -0.707. The van der Waals surface area contributed by atoms with Crippen LogP contribution in [0, 0.1) is 17.0 Å². The molecule has 1 aliphatic rings. The molecule has 0 bridgehead atoms. The van der Waals surface area contributed by atoms with Gasteiger partial charge in [-0.05, 0) is 38.9 Å². The minimum Gasteiger partial charge on any atom is -0.579 e. The van der Waals surface area contributed by atoms with Crippen LogP contribution in [-0.4, -0.2) is 45.4 Å². The van der Waals surface area contributed by atoms with E-state index in [0.717, 1.165) is 38.1 Å². The summed E-state index contributed by atoms with van der Waals surface area (Å²) in [6.45, 7) is 4.55. The molecule has 1 saturated heterocycles. The van der Waals surface area contributed by atoms with Crippen LogP contribution in [0.4, 0.5) is 14.5 Å². The second kappa shape index (κ2) is 11.2. The van der Waals surface area contributed by atoms with E-state index in [-0.39, 0.29) is 35.3 Å². The third kappa shape index (κ3) is 6.10. The number of anilines is 1. The number of benzene rings is 2. The monoisotopic (exact) mass is 482 g/mol. The number of para-hydroxylation sites is 1. The number of ether oxygens (including phenoxy) is 1. The standard InChI is InChI=1S/C26H29F2N5O2/c1-2-35-18-13-21(27)20(22(28)14-18)15-30-23-9-5-4-8-19(23)25(29)26-31-17(12-24(34)32-26)16-33-10-6-3-7-11-33/h4-5,8-9,12-14,29-30H,2-3,6-7,10-11,15-16H2,1H3,(H,31,32,34)/p+1. The number of piperidine rings is 1. The summed E-state index contributed by atoms with van der Waals surface area (Å²) in [6.07, 6.45) is 3.53. The highest BCUT2D eigenvalue weighted by molar-refractivity contribution is 6.12. The Morgan fingerprint density at radius 3 is 2.51 bits per heavy atom. The lowest BCUT2D eigenvalue weighted by molar-refractivity contribution is 0.218. The molecule has 2 aromatic carbocycles. The van der Waals surface area contributed by atoms with E-state index in [1.54, 1.807) is 37.3 Å². The molecule has 1 fully saturated rings. The molecule has 0 spiro atoms. The average Bonchev–Trinajstić information content (AvgIpc) is 2.84. The van der Waals surface area contributed by atoms with Crippen LogP contribution in [0.3, 0.4) is 0 Å². The van der Waals surface area contributed by atoms with Gasteiger partial charge in [-0.1, -0.05) is 24.6 Å². The summed E-state index contributed by atoms with van der Waals surface area (Å²) >= 11 is 0. The first-order chi connectivity index (χ1) is 16.9. The molecule has 35 heavy (non-hydrogen) atoms. The predicted molar refractivity (Wildman–Crippen MR) is 131 cm³/mol. The van der Waals surface area contributed by atoms with Crippen molar-refractivity contribution in [1.82, 2.24) is 14.9 Å². The Balaban J connectivity index is 1.54. The summed E-state index contributed by atoms with van der Waals surface area (Å²) in [7, 11) is 0. The molecule has 4 N–H and O–H groups in total. The van der Waals surface area contributed by atoms with E-state index < -0.39 is 11.6 Å². The van der Waals surface area contributed by atoms with Gasteiger partial charge in [-0.2, -0.15) is 0 Å². The highest BCUT2D eigenvalue weighted by Gasteiger charge is 2.19. The molecule has 2 heterocycles. The third-order valence-electron chi connectivity index (χ3n) is 5.91. The van der Waals surface area contributed by atoms with Gasteiger partial charge in [0.2, 0.25) is 0 Å². The Hall–Kier alpha value is -3.59. The third-order valence-corrected chi connectivity index (χ3v) is 5.91. The smallest absolute Gasteiger partial charge is 0.360 e. The molecule has 0 saturated carbocycles. The number of rotatable bonds is 9. The summed E-state index contributed by atoms with van der Waals surface area (Å²) in [5.41, 5.74) is 1.61. The quantitative estimate of drug-likeness (QED) is 0.343. The zero-order valence-corrected chi connectivity index (χ0v) is 19.7. The maximum atomic E-state index is 14.5. The van der Waals surface area contributed by atoms with Crippen molar-refractivity contribution in [3.05, 3.63) is 76.7 Å². The Morgan fingerprint density at radius 1 is 1.09 bits per heavy atom. The van der Waals surface area contributed by atoms with Gasteiger partial charge < -0.3 is 15.2 Å². The van der Waals surface area contributed by atoms with Gasteiger partial charge in [0, 0.05) is 42.0 Å². The highest BCUT2D eigenvalue weighted by atomic mass is 19.1. The van der Waals surface area contributed by atoms with Crippen LogP contribution >= 0.6 is 0 Å². The fourth-order valence-electron chi connectivity index (χ4n) is 4.19. The van der Waals surface area contributed by atoms with Crippen molar-refractivity contribution >= 4 is 11.4 Å².